The maximum absolute atomic E-state index is 14.0. The number of pyridine rings is 1. The van der Waals surface area contributed by atoms with E-state index < -0.39 is 24.2 Å². The molecule has 0 bridgehead atoms. The fraction of sp³-hybridized carbons (Fsp3) is 0.462. The molecular weight excluding hydrogens is 833 g/mol. The largest absolute Gasteiger partial charge is 0.453 e. The molecule has 9 rings (SSSR count). The van der Waals surface area contributed by atoms with E-state index in [0.29, 0.717) is 30.6 Å². The average Bonchev–Trinajstić information content (AvgIpc) is 4.17. The Bertz CT molecular complexity index is 2730. The predicted octanol–water partition coefficient (Wildman–Crippen LogP) is 8.31. The Hall–Kier alpha value is -6.44. The van der Waals surface area contributed by atoms with Gasteiger partial charge in [0.15, 0.2) is 5.43 Å². The van der Waals surface area contributed by atoms with E-state index >= 15 is 0 Å². The second-order valence-corrected chi connectivity index (χ2v) is 19.8. The quantitative estimate of drug-likeness (QED) is 0.0879. The van der Waals surface area contributed by atoms with Crippen LogP contribution in [0.3, 0.4) is 0 Å². The minimum Gasteiger partial charge on any atom is -0.453 e. The second-order valence-electron chi connectivity index (χ2n) is 19.8. The van der Waals surface area contributed by atoms with Crippen molar-refractivity contribution in [1.29, 1.82) is 0 Å². The lowest BCUT2D eigenvalue weighted by Gasteiger charge is -2.31. The second kappa shape index (κ2) is 18.1. The van der Waals surface area contributed by atoms with E-state index in [4.69, 9.17) is 15.5 Å². The number of urea groups is 1. The highest BCUT2D eigenvalue weighted by atomic mass is 16.5. The number of fused-ring (bicyclic) bond motifs is 2. The van der Waals surface area contributed by atoms with Gasteiger partial charge in [0.05, 0.1) is 31.1 Å². The number of carbonyl (C=O) groups excluding carboxylic acids is 4. The van der Waals surface area contributed by atoms with Gasteiger partial charge in [0.25, 0.3) is 0 Å². The van der Waals surface area contributed by atoms with Crippen LogP contribution in [0.2, 0.25) is 0 Å². The molecule has 3 fully saturated rings. The number of primary amides is 1. The van der Waals surface area contributed by atoms with E-state index in [0.717, 1.165) is 65.8 Å². The Kier molecular flexibility index (Phi) is 12.3. The number of nitrogens with one attached hydrogen (secondary N) is 4. The first-order chi connectivity index (χ1) is 31.7. The molecule has 2 aliphatic heterocycles. The number of nitrogens with zero attached hydrogens (tertiary/aromatic N) is 3. The molecule has 14 nitrogen and oxygen atoms in total. The van der Waals surface area contributed by atoms with E-state index in [-0.39, 0.29) is 46.6 Å². The summed E-state index contributed by atoms with van der Waals surface area (Å²) in [7, 11) is 1.28. The van der Waals surface area contributed by atoms with Gasteiger partial charge in [-0.3, -0.25) is 14.4 Å². The number of ether oxygens (including phenoxy) is 1. The topological polar surface area (TPSA) is 196 Å². The molecule has 1 spiro atoms. The Morgan fingerprint density at radius 1 is 0.742 bits per heavy atom. The third kappa shape index (κ3) is 8.46. The van der Waals surface area contributed by atoms with Crippen LogP contribution in [0.15, 0.2) is 71.7 Å². The number of aromatic amines is 2. The van der Waals surface area contributed by atoms with Crippen molar-refractivity contribution < 1.29 is 23.9 Å². The lowest BCUT2D eigenvalue weighted by molar-refractivity contribution is -0.136. The number of amides is 5. The van der Waals surface area contributed by atoms with Crippen LogP contribution < -0.4 is 21.8 Å². The number of likely N-dealkylation sites (tertiary alicyclic amines) is 2. The smallest absolute Gasteiger partial charge is 0.407 e. The molecule has 4 atom stereocenters. The number of aromatic nitrogens is 3. The van der Waals surface area contributed by atoms with Gasteiger partial charge in [-0.2, -0.15) is 0 Å². The van der Waals surface area contributed by atoms with E-state index in [1.807, 2.05) is 50.9 Å². The molecular formula is C52H62N8O6. The normalized spacial score (nSPS) is 19.7. The SMILES string of the molecule is COC(=O)NC(C(=O)N1CCCC1c1cc(=O)c2cc(-c3ccc(-c4ccc(-c5cnc(C6CCCN6C(=O)C(NC(N)=O)C(C)C)[nH]5)cc4)c4c3CC3(CCCC3)C4)ccc2[nH]1)C(C)C. The van der Waals surface area contributed by atoms with Crippen LogP contribution in [0.1, 0.15) is 114 Å². The van der Waals surface area contributed by atoms with Gasteiger partial charge in [0.1, 0.15) is 17.9 Å². The molecule has 2 aliphatic carbocycles. The summed E-state index contributed by atoms with van der Waals surface area (Å²) in [5.41, 5.74) is 16.2. The van der Waals surface area contributed by atoms with Gasteiger partial charge in [-0.05, 0) is 120 Å². The number of hydrogen-bond acceptors (Lipinski definition) is 7. The van der Waals surface area contributed by atoms with Crippen molar-refractivity contribution in [2.45, 2.75) is 116 Å². The minimum absolute atomic E-state index is 0.0932. The average molecular weight is 895 g/mol. The maximum atomic E-state index is 14.0. The molecule has 5 aromatic rings. The fourth-order valence-electron chi connectivity index (χ4n) is 11.4. The lowest BCUT2D eigenvalue weighted by atomic mass is 9.82. The van der Waals surface area contributed by atoms with Gasteiger partial charge >= 0.3 is 12.1 Å². The van der Waals surface area contributed by atoms with Gasteiger partial charge in [0.2, 0.25) is 11.8 Å². The van der Waals surface area contributed by atoms with Crippen LogP contribution in [0.25, 0.3) is 44.4 Å². The third-order valence-electron chi connectivity index (χ3n) is 14.8. The number of nitrogens with two attached hydrogens (primary N) is 1. The third-order valence-corrected chi connectivity index (χ3v) is 14.8. The maximum Gasteiger partial charge on any atom is 0.407 e. The molecule has 14 heteroatoms. The summed E-state index contributed by atoms with van der Waals surface area (Å²) in [6.07, 6.45) is 11.3. The van der Waals surface area contributed by atoms with Gasteiger partial charge in [-0.1, -0.05) is 83.0 Å². The molecule has 3 aromatic carbocycles. The Morgan fingerprint density at radius 2 is 1.32 bits per heavy atom. The highest BCUT2D eigenvalue weighted by Crippen LogP contribution is 2.53. The summed E-state index contributed by atoms with van der Waals surface area (Å²) in [6.45, 7) is 8.70. The van der Waals surface area contributed by atoms with Crippen LogP contribution in [0, 0.1) is 17.3 Å². The molecule has 5 amide bonds. The molecule has 2 aromatic heterocycles. The monoisotopic (exact) mass is 894 g/mol. The number of hydrogen-bond donors (Lipinski definition) is 5. The molecule has 2 saturated heterocycles. The Balaban J connectivity index is 0.977. The van der Waals surface area contributed by atoms with Crippen LogP contribution in [0.4, 0.5) is 9.59 Å². The van der Waals surface area contributed by atoms with Gasteiger partial charge in [-0.15, -0.1) is 0 Å². The van der Waals surface area contributed by atoms with E-state index in [9.17, 15) is 24.0 Å². The molecule has 6 N–H and O–H groups in total. The molecule has 4 heterocycles. The van der Waals surface area contributed by atoms with Crippen molar-refractivity contribution in [2.24, 2.45) is 23.0 Å². The van der Waals surface area contributed by atoms with Crippen LogP contribution >= 0.6 is 0 Å². The van der Waals surface area contributed by atoms with Crippen molar-refractivity contribution in [3.05, 3.63) is 99.7 Å². The van der Waals surface area contributed by atoms with Crippen molar-refractivity contribution in [3.8, 4) is 33.5 Å². The van der Waals surface area contributed by atoms with Gasteiger partial charge < -0.3 is 40.9 Å². The zero-order chi connectivity index (χ0) is 46.4. The highest BCUT2D eigenvalue weighted by molar-refractivity contribution is 5.89. The molecule has 66 heavy (non-hydrogen) atoms. The first-order valence-corrected chi connectivity index (χ1v) is 23.7. The molecule has 346 valence electrons. The first kappa shape index (κ1) is 44.7. The van der Waals surface area contributed by atoms with Crippen molar-refractivity contribution in [1.82, 2.24) is 35.4 Å². The number of methoxy groups -OCH3 is 1. The number of imidazole rings is 1. The summed E-state index contributed by atoms with van der Waals surface area (Å²) >= 11 is 0. The molecule has 1 saturated carbocycles. The van der Waals surface area contributed by atoms with Crippen molar-refractivity contribution in [3.63, 3.8) is 0 Å². The summed E-state index contributed by atoms with van der Waals surface area (Å²) in [5.74, 6) is 0.131. The number of benzene rings is 3. The van der Waals surface area contributed by atoms with E-state index in [2.05, 4.69) is 63.1 Å². The number of carbonyl (C=O) groups is 4. The van der Waals surface area contributed by atoms with Crippen LogP contribution in [-0.2, 0) is 27.2 Å². The number of H-pyrrole nitrogens is 2. The number of alkyl carbamates (subject to hydrolysis) is 1. The van der Waals surface area contributed by atoms with Crippen LogP contribution in [-0.4, -0.2) is 81.0 Å². The predicted molar refractivity (Wildman–Crippen MR) is 254 cm³/mol. The van der Waals surface area contributed by atoms with E-state index in [1.54, 1.807) is 11.0 Å². The molecule has 0 radical (unpaired) electrons. The van der Waals surface area contributed by atoms with E-state index in [1.165, 1.54) is 55.0 Å². The Labute approximate surface area is 385 Å². The first-order valence-electron chi connectivity index (χ1n) is 23.7. The zero-order valence-corrected chi connectivity index (χ0v) is 38.7. The van der Waals surface area contributed by atoms with Crippen LogP contribution in [0.5, 0.6) is 0 Å². The van der Waals surface area contributed by atoms with Crippen molar-refractivity contribution >= 4 is 34.8 Å². The number of rotatable bonds is 11. The Morgan fingerprint density at radius 3 is 1.94 bits per heavy atom. The van der Waals surface area contributed by atoms with Crippen molar-refractivity contribution in [2.75, 3.05) is 20.2 Å². The summed E-state index contributed by atoms with van der Waals surface area (Å²) in [6, 6.07) is 18.2. The minimum atomic E-state index is -0.743. The summed E-state index contributed by atoms with van der Waals surface area (Å²) in [4.78, 5) is 80.6. The lowest BCUT2D eigenvalue weighted by Crippen LogP contribution is -2.52. The standard InChI is InChI=1S/C52H62N8O6/c1-29(2)45(57-50(53)64)48(62)60-23-9-11-43(60)47-54-28-41(56-47)32-14-12-31(13-15-32)34-17-18-35(38-27-52(26-37(34)38)20-6-7-21-52)33-16-19-39-36(24-33)44(61)25-40(55-39)42-10-8-22-59(42)49(63)46(30(3)4)58-51(65)66-5/h12-19,24-25,28-30,42-43,45-46H,6-11,20-23,26-27H2,1-5H3,(H,54,56)(H,55,61)(H,58,65)(H3,53,57,64). The summed E-state index contributed by atoms with van der Waals surface area (Å²) in [5, 5.41) is 5.95. The highest BCUT2D eigenvalue weighted by Gasteiger charge is 2.42. The van der Waals surface area contributed by atoms with Gasteiger partial charge in [0, 0.05) is 35.8 Å². The molecule has 4 unspecified atom stereocenters. The summed E-state index contributed by atoms with van der Waals surface area (Å²) < 4.78 is 4.80. The fourth-order valence-corrected chi connectivity index (χ4v) is 11.4. The van der Waals surface area contributed by atoms with Gasteiger partial charge in [-0.25, -0.2) is 14.6 Å². The zero-order valence-electron chi connectivity index (χ0n) is 38.7. The molecule has 4 aliphatic rings.